The largest absolute Gasteiger partial charge is 0.772 e. The molecular formula is C23H35FN3O7S2-. The van der Waals surface area contributed by atoms with Gasteiger partial charge in [0.2, 0.25) is 0 Å². The molecule has 1 aromatic carbocycles. The fourth-order valence-electron chi connectivity index (χ4n) is 5.18. The monoisotopic (exact) mass is 548 g/mol. The first-order chi connectivity index (χ1) is 17.0. The number of carbonyl (C=O) groups is 1. The van der Waals surface area contributed by atoms with Crippen molar-refractivity contribution in [1.29, 1.82) is 0 Å². The fraction of sp³-hybridized carbons (Fsp3) is 0.696. The van der Waals surface area contributed by atoms with Crippen molar-refractivity contribution in [2.24, 2.45) is 0 Å². The molecule has 1 aromatic rings. The number of rotatable bonds is 11. The number of likely N-dealkylation sites (tertiary alicyclic amines) is 1. The van der Waals surface area contributed by atoms with Gasteiger partial charge in [0.05, 0.1) is 18.8 Å². The van der Waals surface area contributed by atoms with E-state index in [1.54, 1.807) is 19.1 Å². The summed E-state index contributed by atoms with van der Waals surface area (Å²) in [5, 5.41) is 9.76. The highest BCUT2D eigenvalue weighted by molar-refractivity contribution is 7.87. The molecule has 3 rings (SSSR count). The van der Waals surface area contributed by atoms with Gasteiger partial charge in [0.25, 0.3) is 10.2 Å². The van der Waals surface area contributed by atoms with Crippen LogP contribution in [0.3, 0.4) is 0 Å². The lowest BCUT2D eigenvalue weighted by atomic mass is 9.82. The molecule has 2 fully saturated rings. The first kappa shape index (κ1) is 28.9. The maximum atomic E-state index is 13.6. The first-order valence-corrected chi connectivity index (χ1v) is 14.8. The van der Waals surface area contributed by atoms with Crippen molar-refractivity contribution in [2.75, 3.05) is 26.0 Å². The topological polar surface area (TPSA) is 139 Å². The van der Waals surface area contributed by atoms with Gasteiger partial charge >= 0.3 is 6.09 Å². The van der Waals surface area contributed by atoms with E-state index in [0.717, 1.165) is 35.6 Å². The molecule has 1 amide bonds. The van der Waals surface area contributed by atoms with Gasteiger partial charge in [-0.15, -0.1) is 0 Å². The van der Waals surface area contributed by atoms with Crippen LogP contribution in [0.4, 0.5) is 9.18 Å². The minimum Gasteiger partial charge on any atom is -0.772 e. The van der Waals surface area contributed by atoms with Gasteiger partial charge in [0, 0.05) is 31.4 Å². The van der Waals surface area contributed by atoms with E-state index in [1.807, 2.05) is 6.07 Å². The van der Waals surface area contributed by atoms with E-state index in [2.05, 4.69) is 4.72 Å². The Hall–Kier alpha value is -1.64. The minimum absolute atomic E-state index is 0.0178. The van der Waals surface area contributed by atoms with Gasteiger partial charge in [0.1, 0.15) is 5.82 Å². The molecule has 2 N–H and O–H groups in total. The van der Waals surface area contributed by atoms with E-state index in [0.29, 0.717) is 6.42 Å². The first-order valence-electron chi connectivity index (χ1n) is 12.2. The number of ether oxygens (including phenoxy) is 1. The van der Waals surface area contributed by atoms with Gasteiger partial charge in [0.15, 0.2) is 0 Å². The lowest BCUT2D eigenvalue weighted by Crippen LogP contribution is -2.52. The van der Waals surface area contributed by atoms with Crippen LogP contribution in [0.1, 0.15) is 56.9 Å². The van der Waals surface area contributed by atoms with Crippen LogP contribution in [0.25, 0.3) is 0 Å². The van der Waals surface area contributed by atoms with Crippen molar-refractivity contribution < 1.29 is 36.2 Å². The molecule has 1 unspecified atom stereocenters. The number of hydrogen-bond acceptors (Lipinski definition) is 6. The lowest BCUT2D eigenvalue weighted by Gasteiger charge is -2.33. The summed E-state index contributed by atoms with van der Waals surface area (Å²) >= 11 is -2.25. The zero-order chi connectivity index (χ0) is 26.5. The standard InChI is InChI=1S/C23H36FN3O7S2/c1-16-13-21(25-36(32,33)26(2)11-4-12-35(30)31)22(27(16)23(28)29)15-34-20-9-7-17(8-10-20)18-5-3-6-19(24)14-18/h3,5-6,14,16-17,20-22,25H,4,7-13,15H2,1-2H3,(H,28,29)(H,30,31)/p-1/t16-,17?,20?,21+,22+/m1/s1. The molecule has 36 heavy (non-hydrogen) atoms. The number of benzene rings is 1. The Morgan fingerprint density at radius 1 is 1.33 bits per heavy atom. The summed E-state index contributed by atoms with van der Waals surface area (Å²) in [6, 6.07) is 4.83. The van der Waals surface area contributed by atoms with E-state index >= 15 is 0 Å². The second-order valence-corrected chi connectivity index (χ2v) is 12.4. The highest BCUT2D eigenvalue weighted by Gasteiger charge is 2.44. The SMILES string of the molecule is C[C@@H]1C[C@H](NS(=O)(=O)N(C)CCCS(=O)[O-])[C@H](COC2CCC(c3cccc(F)c3)CC2)N1C(=O)O. The van der Waals surface area contributed by atoms with Gasteiger partial charge in [-0.25, -0.2) is 9.18 Å². The van der Waals surface area contributed by atoms with Crippen LogP contribution in [0.15, 0.2) is 24.3 Å². The van der Waals surface area contributed by atoms with Gasteiger partial charge in [-0.3, -0.25) is 9.11 Å². The average Bonchev–Trinajstić information content (AvgIpc) is 3.11. The van der Waals surface area contributed by atoms with Gasteiger partial charge < -0.3 is 14.4 Å². The number of amides is 1. The molecule has 4 atom stereocenters. The fourth-order valence-corrected chi connectivity index (χ4v) is 6.73. The maximum absolute atomic E-state index is 13.6. The molecule has 1 aliphatic carbocycles. The van der Waals surface area contributed by atoms with Crippen molar-refractivity contribution >= 4 is 27.4 Å². The number of halogens is 1. The Bertz CT molecular complexity index is 1020. The second kappa shape index (κ2) is 12.7. The van der Waals surface area contributed by atoms with Crippen LogP contribution in [-0.2, 0) is 26.0 Å². The Morgan fingerprint density at radius 2 is 2.03 bits per heavy atom. The number of hydrogen-bond donors (Lipinski definition) is 2. The second-order valence-electron chi connectivity index (χ2n) is 9.62. The highest BCUT2D eigenvalue weighted by atomic mass is 32.2. The van der Waals surface area contributed by atoms with Crippen LogP contribution in [-0.4, -0.2) is 87.8 Å². The smallest absolute Gasteiger partial charge is 0.407 e. The molecule has 0 aromatic heterocycles. The van der Waals surface area contributed by atoms with Gasteiger partial charge in [-0.1, -0.05) is 23.2 Å². The summed E-state index contributed by atoms with van der Waals surface area (Å²) in [4.78, 5) is 13.2. The van der Waals surface area contributed by atoms with Crippen LogP contribution in [0.5, 0.6) is 0 Å². The van der Waals surface area contributed by atoms with Crippen molar-refractivity contribution in [3.05, 3.63) is 35.6 Å². The van der Waals surface area contributed by atoms with E-state index in [-0.39, 0.29) is 43.2 Å². The summed E-state index contributed by atoms with van der Waals surface area (Å²) in [5.74, 6) is -0.156. The summed E-state index contributed by atoms with van der Waals surface area (Å²) in [7, 11) is -2.60. The Labute approximate surface area is 214 Å². The third kappa shape index (κ3) is 7.68. The normalized spacial score (nSPS) is 27.9. The Balaban J connectivity index is 1.59. The number of carboxylic acid groups (broad SMARTS) is 1. The van der Waals surface area contributed by atoms with E-state index in [1.165, 1.54) is 18.0 Å². The zero-order valence-corrected chi connectivity index (χ0v) is 22.2. The number of nitrogens with one attached hydrogen (secondary N) is 1. The van der Waals surface area contributed by atoms with Gasteiger partial charge in [-0.05, 0) is 69.1 Å². The zero-order valence-electron chi connectivity index (χ0n) is 20.5. The minimum atomic E-state index is -3.96. The van der Waals surface area contributed by atoms with Gasteiger partial charge in [-0.2, -0.15) is 17.4 Å². The molecule has 1 saturated heterocycles. The molecule has 1 heterocycles. The van der Waals surface area contributed by atoms with Crippen molar-refractivity contribution in [1.82, 2.24) is 13.9 Å². The molecule has 10 nitrogen and oxygen atoms in total. The van der Waals surface area contributed by atoms with E-state index in [9.17, 15) is 31.5 Å². The van der Waals surface area contributed by atoms with Crippen LogP contribution < -0.4 is 4.72 Å². The van der Waals surface area contributed by atoms with Crippen molar-refractivity contribution in [3.8, 4) is 0 Å². The van der Waals surface area contributed by atoms with Crippen LogP contribution in [0.2, 0.25) is 0 Å². The summed E-state index contributed by atoms with van der Waals surface area (Å²) in [6.07, 6.45) is 2.37. The molecule has 2 aliphatic rings. The van der Waals surface area contributed by atoms with E-state index in [4.69, 9.17) is 4.74 Å². The maximum Gasteiger partial charge on any atom is 0.407 e. The molecule has 0 bridgehead atoms. The molecule has 1 saturated carbocycles. The average molecular weight is 549 g/mol. The van der Waals surface area contributed by atoms with Crippen LogP contribution >= 0.6 is 0 Å². The third-order valence-corrected chi connectivity index (χ3v) is 9.33. The molecular weight excluding hydrogens is 513 g/mol. The summed E-state index contributed by atoms with van der Waals surface area (Å²) < 4.78 is 70.4. The Morgan fingerprint density at radius 3 is 2.64 bits per heavy atom. The number of nitrogens with zero attached hydrogens (tertiary/aromatic N) is 2. The molecule has 0 radical (unpaired) electrons. The lowest BCUT2D eigenvalue weighted by molar-refractivity contribution is -0.00709. The predicted octanol–water partition coefficient (Wildman–Crippen LogP) is 2.41. The molecule has 204 valence electrons. The third-order valence-electron chi connectivity index (χ3n) is 7.10. The molecule has 13 heteroatoms. The van der Waals surface area contributed by atoms with Crippen molar-refractivity contribution in [3.63, 3.8) is 0 Å². The summed E-state index contributed by atoms with van der Waals surface area (Å²) in [6.45, 7) is 1.80. The highest BCUT2D eigenvalue weighted by Crippen LogP contribution is 2.35. The van der Waals surface area contributed by atoms with Crippen molar-refractivity contribution in [2.45, 2.75) is 75.6 Å². The molecule has 0 spiro atoms. The predicted molar refractivity (Wildman–Crippen MR) is 132 cm³/mol. The molecule has 1 aliphatic heterocycles. The van der Waals surface area contributed by atoms with Crippen LogP contribution in [0, 0.1) is 5.82 Å². The summed E-state index contributed by atoms with van der Waals surface area (Å²) in [5.41, 5.74) is 0.968. The Kier molecular flexibility index (Phi) is 10.2. The van der Waals surface area contributed by atoms with E-state index < -0.39 is 45.5 Å². The quantitative estimate of drug-likeness (QED) is 0.405.